The van der Waals surface area contributed by atoms with E-state index >= 15 is 0 Å². The number of hydrogen-bond donors (Lipinski definition) is 2. The van der Waals surface area contributed by atoms with E-state index in [1.54, 1.807) is 0 Å². The number of nitrogens with one attached hydrogen (secondary N) is 2. The quantitative estimate of drug-likeness (QED) is 0.734. The van der Waals surface area contributed by atoms with E-state index in [9.17, 15) is 0 Å². The Kier molecular flexibility index (Phi) is 6.27. The van der Waals surface area contributed by atoms with Crippen molar-refractivity contribution in [2.75, 3.05) is 49.4 Å². The summed E-state index contributed by atoms with van der Waals surface area (Å²) in [7, 11) is 3.80. The highest BCUT2D eigenvalue weighted by atomic mass is 16.5. The molecule has 1 aromatic rings. The van der Waals surface area contributed by atoms with Gasteiger partial charge in [0.1, 0.15) is 0 Å². The summed E-state index contributed by atoms with van der Waals surface area (Å²) in [6, 6.07) is 0.145. The maximum absolute atomic E-state index is 5.36. The first kappa shape index (κ1) is 15.4. The van der Waals surface area contributed by atoms with Gasteiger partial charge in [0.15, 0.2) is 0 Å². The molecule has 7 nitrogen and oxygen atoms in total. The Morgan fingerprint density at radius 1 is 1.16 bits per heavy atom. The van der Waals surface area contributed by atoms with Gasteiger partial charge < -0.3 is 20.3 Å². The van der Waals surface area contributed by atoms with E-state index in [-0.39, 0.29) is 6.04 Å². The van der Waals surface area contributed by atoms with E-state index in [2.05, 4.69) is 25.6 Å². The summed E-state index contributed by atoms with van der Waals surface area (Å²) in [4.78, 5) is 14.8. The first-order chi connectivity index (χ1) is 9.06. The molecule has 0 aliphatic carbocycles. The molecule has 7 heteroatoms. The minimum Gasteiger partial charge on any atom is -0.380 e. The Morgan fingerprint density at radius 2 is 1.84 bits per heavy atom. The molecule has 1 aromatic heterocycles. The second-order valence-corrected chi connectivity index (χ2v) is 4.41. The molecule has 0 spiro atoms. The molecule has 2 N–H and O–H groups in total. The van der Waals surface area contributed by atoms with Crippen molar-refractivity contribution in [1.29, 1.82) is 0 Å². The van der Waals surface area contributed by atoms with E-state index in [4.69, 9.17) is 4.74 Å². The minimum atomic E-state index is 0.145. The average Bonchev–Trinajstić information content (AvgIpc) is 2.36. The van der Waals surface area contributed by atoms with Crippen LogP contribution in [0, 0.1) is 0 Å². The predicted molar refractivity (Wildman–Crippen MR) is 77.9 cm³/mol. The lowest BCUT2D eigenvalue weighted by Gasteiger charge is -2.17. The second kappa shape index (κ2) is 7.73. The van der Waals surface area contributed by atoms with Gasteiger partial charge in [0.25, 0.3) is 0 Å². The van der Waals surface area contributed by atoms with Crippen LogP contribution in [-0.4, -0.2) is 54.8 Å². The van der Waals surface area contributed by atoms with Crippen LogP contribution in [-0.2, 0) is 4.74 Å². The molecule has 1 heterocycles. The summed E-state index contributed by atoms with van der Waals surface area (Å²) in [6.07, 6.45) is 0. The highest BCUT2D eigenvalue weighted by molar-refractivity contribution is 5.43. The van der Waals surface area contributed by atoms with Crippen molar-refractivity contribution in [3.8, 4) is 0 Å². The van der Waals surface area contributed by atoms with Gasteiger partial charge in [0, 0.05) is 33.3 Å². The largest absolute Gasteiger partial charge is 0.380 e. The van der Waals surface area contributed by atoms with Crippen LogP contribution in [0.4, 0.5) is 17.8 Å². The van der Waals surface area contributed by atoms with Gasteiger partial charge in [-0.1, -0.05) is 0 Å². The van der Waals surface area contributed by atoms with Crippen LogP contribution >= 0.6 is 0 Å². The Bertz CT molecular complexity index is 384. The van der Waals surface area contributed by atoms with Crippen LogP contribution < -0.4 is 15.5 Å². The molecular formula is C12H24N6O. The SMILES string of the molecule is CCNc1nc(NC(C)COCC)nc(N(C)C)n1. The van der Waals surface area contributed by atoms with Gasteiger partial charge in [-0.2, -0.15) is 15.0 Å². The van der Waals surface area contributed by atoms with Crippen LogP contribution in [0.15, 0.2) is 0 Å². The number of ether oxygens (including phenoxy) is 1. The molecule has 1 rings (SSSR count). The average molecular weight is 268 g/mol. The molecule has 1 atom stereocenters. The summed E-state index contributed by atoms with van der Waals surface area (Å²) in [5.74, 6) is 1.76. The molecule has 0 radical (unpaired) electrons. The van der Waals surface area contributed by atoms with Crippen LogP contribution in [0.1, 0.15) is 20.8 Å². The van der Waals surface area contributed by atoms with Gasteiger partial charge >= 0.3 is 0 Å². The maximum Gasteiger partial charge on any atom is 0.231 e. The topological polar surface area (TPSA) is 75.2 Å². The highest BCUT2D eigenvalue weighted by Crippen LogP contribution is 2.12. The van der Waals surface area contributed by atoms with Crippen LogP contribution in [0.25, 0.3) is 0 Å². The van der Waals surface area contributed by atoms with Gasteiger partial charge in [-0.05, 0) is 20.8 Å². The fourth-order valence-corrected chi connectivity index (χ4v) is 1.42. The zero-order valence-corrected chi connectivity index (χ0v) is 12.4. The standard InChI is InChI=1S/C12H24N6O/c1-6-13-10-15-11(14-9(3)8-19-7-2)17-12(16-10)18(4)5/h9H,6-8H2,1-5H3,(H2,13,14,15,16,17). The van der Waals surface area contributed by atoms with Gasteiger partial charge in [0.2, 0.25) is 17.8 Å². The van der Waals surface area contributed by atoms with Crippen molar-refractivity contribution in [3.05, 3.63) is 0 Å². The second-order valence-electron chi connectivity index (χ2n) is 4.41. The molecule has 19 heavy (non-hydrogen) atoms. The van der Waals surface area contributed by atoms with Crippen molar-refractivity contribution in [3.63, 3.8) is 0 Å². The first-order valence-corrected chi connectivity index (χ1v) is 6.58. The summed E-state index contributed by atoms with van der Waals surface area (Å²) < 4.78 is 5.36. The van der Waals surface area contributed by atoms with Gasteiger partial charge in [-0.15, -0.1) is 0 Å². The van der Waals surface area contributed by atoms with Crippen LogP contribution in [0.2, 0.25) is 0 Å². The van der Waals surface area contributed by atoms with E-state index in [0.717, 1.165) is 6.54 Å². The summed E-state index contributed by atoms with van der Waals surface area (Å²) in [6.45, 7) is 8.10. The first-order valence-electron chi connectivity index (χ1n) is 6.58. The number of rotatable bonds is 8. The Morgan fingerprint density at radius 3 is 2.42 bits per heavy atom. The highest BCUT2D eigenvalue weighted by Gasteiger charge is 2.10. The van der Waals surface area contributed by atoms with Crippen molar-refractivity contribution in [1.82, 2.24) is 15.0 Å². The molecule has 0 amide bonds. The molecule has 0 aliphatic heterocycles. The fourth-order valence-electron chi connectivity index (χ4n) is 1.42. The Hall–Kier alpha value is -1.63. The lowest BCUT2D eigenvalue weighted by molar-refractivity contribution is 0.141. The zero-order valence-electron chi connectivity index (χ0n) is 12.4. The monoisotopic (exact) mass is 268 g/mol. The maximum atomic E-state index is 5.36. The Labute approximate surface area is 114 Å². The molecule has 108 valence electrons. The molecule has 0 bridgehead atoms. The third-order valence-electron chi connectivity index (χ3n) is 2.31. The van der Waals surface area contributed by atoms with E-state index in [1.165, 1.54) is 0 Å². The smallest absolute Gasteiger partial charge is 0.231 e. The van der Waals surface area contributed by atoms with E-state index < -0.39 is 0 Å². The molecular weight excluding hydrogens is 244 g/mol. The Balaban J connectivity index is 2.80. The predicted octanol–water partition coefficient (Wildman–Crippen LogP) is 1.21. The van der Waals surface area contributed by atoms with Crippen molar-refractivity contribution >= 4 is 17.8 Å². The van der Waals surface area contributed by atoms with Gasteiger partial charge in [-0.3, -0.25) is 0 Å². The number of nitrogens with zero attached hydrogens (tertiary/aromatic N) is 4. The molecule has 0 aromatic carbocycles. The minimum absolute atomic E-state index is 0.145. The number of aromatic nitrogens is 3. The lowest BCUT2D eigenvalue weighted by atomic mass is 10.4. The summed E-state index contributed by atoms with van der Waals surface area (Å²) in [5, 5.41) is 6.32. The fraction of sp³-hybridized carbons (Fsp3) is 0.750. The third-order valence-corrected chi connectivity index (χ3v) is 2.31. The third kappa shape index (κ3) is 5.25. The normalized spacial score (nSPS) is 12.1. The summed E-state index contributed by atoms with van der Waals surface area (Å²) in [5.41, 5.74) is 0. The van der Waals surface area contributed by atoms with Crippen molar-refractivity contribution in [2.24, 2.45) is 0 Å². The molecule has 0 saturated carbocycles. The van der Waals surface area contributed by atoms with E-state index in [1.807, 2.05) is 39.8 Å². The van der Waals surface area contributed by atoms with Crippen LogP contribution in [0.5, 0.6) is 0 Å². The van der Waals surface area contributed by atoms with E-state index in [0.29, 0.717) is 31.1 Å². The van der Waals surface area contributed by atoms with Crippen LogP contribution in [0.3, 0.4) is 0 Å². The summed E-state index contributed by atoms with van der Waals surface area (Å²) >= 11 is 0. The molecule has 0 aliphatic rings. The molecule has 1 unspecified atom stereocenters. The zero-order chi connectivity index (χ0) is 14.3. The van der Waals surface area contributed by atoms with Gasteiger partial charge in [0.05, 0.1) is 6.61 Å². The number of hydrogen-bond acceptors (Lipinski definition) is 7. The van der Waals surface area contributed by atoms with Crippen molar-refractivity contribution in [2.45, 2.75) is 26.8 Å². The number of anilines is 3. The van der Waals surface area contributed by atoms with Gasteiger partial charge in [-0.25, -0.2) is 0 Å². The molecule has 0 fully saturated rings. The lowest BCUT2D eigenvalue weighted by Crippen LogP contribution is -2.24. The molecule has 0 saturated heterocycles. The van der Waals surface area contributed by atoms with Crippen molar-refractivity contribution < 1.29 is 4.74 Å².